The van der Waals surface area contributed by atoms with Gasteiger partial charge in [0.2, 0.25) is 0 Å². The molecule has 90 valence electrons. The zero-order valence-electron chi connectivity index (χ0n) is 9.37. The molecule has 1 amide bonds. The zero-order chi connectivity index (χ0) is 12.7. The smallest absolute Gasteiger partial charge is 0.252 e. The van der Waals surface area contributed by atoms with Crippen LogP contribution in [0.25, 0.3) is 0 Å². The van der Waals surface area contributed by atoms with E-state index in [0.29, 0.717) is 12.1 Å². The predicted octanol–water partition coefficient (Wildman–Crippen LogP) is 3.27. The van der Waals surface area contributed by atoms with Gasteiger partial charge in [-0.3, -0.25) is 4.79 Å². The summed E-state index contributed by atoms with van der Waals surface area (Å²) in [4.78, 5) is 12.6. The molecule has 0 saturated heterocycles. The second kappa shape index (κ2) is 7.41. The van der Waals surface area contributed by atoms with Crippen molar-refractivity contribution in [2.75, 3.05) is 6.54 Å². The minimum Gasteiger partial charge on any atom is -0.352 e. The van der Waals surface area contributed by atoms with Crippen LogP contribution in [0.15, 0.2) is 27.6 Å². The molecule has 0 heterocycles. The van der Waals surface area contributed by atoms with Crippen LogP contribution in [0.2, 0.25) is 0 Å². The highest BCUT2D eigenvalue weighted by atomic mass is 79.9. The van der Waals surface area contributed by atoms with Crippen molar-refractivity contribution < 1.29 is 4.79 Å². The van der Waals surface area contributed by atoms with Gasteiger partial charge in [-0.1, -0.05) is 0 Å². The van der Waals surface area contributed by atoms with Crippen LogP contribution in [-0.4, -0.2) is 12.5 Å². The molecule has 4 heteroatoms. The number of rotatable bonds is 5. The summed E-state index contributed by atoms with van der Waals surface area (Å²) in [5.74, 6) is 2.48. The van der Waals surface area contributed by atoms with Crippen molar-refractivity contribution in [2.24, 2.45) is 0 Å². The topological polar surface area (TPSA) is 29.1 Å². The normalized spacial score (nSPS) is 9.71. The van der Waals surface area contributed by atoms with E-state index < -0.39 is 0 Å². The molecule has 0 aliphatic carbocycles. The van der Waals surface area contributed by atoms with Crippen molar-refractivity contribution in [3.05, 3.63) is 28.2 Å². The third kappa shape index (κ3) is 4.84. The molecule has 1 aromatic carbocycles. The lowest BCUT2D eigenvalue weighted by Gasteiger charge is -2.07. The Morgan fingerprint density at radius 2 is 2.24 bits per heavy atom. The number of nitrogens with one attached hydrogen (secondary N) is 1. The van der Waals surface area contributed by atoms with Gasteiger partial charge in [-0.15, -0.1) is 25.0 Å². The van der Waals surface area contributed by atoms with E-state index in [-0.39, 0.29) is 5.91 Å². The van der Waals surface area contributed by atoms with E-state index in [0.717, 1.165) is 28.6 Å². The van der Waals surface area contributed by atoms with Crippen LogP contribution in [0.5, 0.6) is 0 Å². The molecule has 0 bridgehead atoms. The highest BCUT2D eigenvalue weighted by Crippen LogP contribution is 2.20. The van der Waals surface area contributed by atoms with Crippen LogP contribution in [0, 0.1) is 12.3 Å². The Morgan fingerprint density at radius 1 is 1.47 bits per heavy atom. The van der Waals surface area contributed by atoms with E-state index in [1.54, 1.807) is 6.07 Å². The fourth-order valence-electron chi connectivity index (χ4n) is 1.34. The van der Waals surface area contributed by atoms with Crippen LogP contribution in [0.1, 0.15) is 29.6 Å². The summed E-state index contributed by atoms with van der Waals surface area (Å²) in [7, 11) is 0. The maximum atomic E-state index is 11.8. The second-order valence-corrected chi connectivity index (χ2v) is 4.95. The first-order valence-corrected chi connectivity index (χ1v) is 6.59. The summed E-state index contributed by atoms with van der Waals surface area (Å²) in [6.45, 7) is 0.643. The van der Waals surface area contributed by atoms with Crippen LogP contribution in [0.4, 0.5) is 0 Å². The molecule has 0 saturated carbocycles. The molecule has 2 nitrogen and oxygen atoms in total. The SMILES string of the molecule is C#CCCCCNC(=O)c1cc(S)ccc1Br. The number of thiol groups is 1. The van der Waals surface area contributed by atoms with Crippen molar-refractivity contribution in [3.8, 4) is 12.3 Å². The lowest BCUT2D eigenvalue weighted by atomic mass is 10.2. The Morgan fingerprint density at radius 3 is 2.94 bits per heavy atom. The molecule has 0 aromatic heterocycles. The van der Waals surface area contributed by atoms with Gasteiger partial charge in [-0.2, -0.15) is 0 Å². The van der Waals surface area contributed by atoms with E-state index in [2.05, 4.69) is 39.8 Å². The Bertz CT molecular complexity index is 440. The van der Waals surface area contributed by atoms with E-state index in [9.17, 15) is 4.79 Å². The number of amides is 1. The second-order valence-electron chi connectivity index (χ2n) is 3.58. The highest BCUT2D eigenvalue weighted by Gasteiger charge is 2.09. The number of carbonyl (C=O) groups is 1. The molecular formula is C13H14BrNOS. The summed E-state index contributed by atoms with van der Waals surface area (Å²) >= 11 is 7.55. The Kier molecular flexibility index (Phi) is 6.17. The van der Waals surface area contributed by atoms with Gasteiger partial charge in [0.15, 0.2) is 0 Å². The average molecular weight is 312 g/mol. The van der Waals surface area contributed by atoms with Crippen molar-refractivity contribution >= 4 is 34.5 Å². The van der Waals surface area contributed by atoms with E-state index in [1.807, 2.05) is 12.1 Å². The molecule has 0 radical (unpaired) electrons. The van der Waals surface area contributed by atoms with Crippen molar-refractivity contribution in [2.45, 2.75) is 24.2 Å². The summed E-state index contributed by atoms with van der Waals surface area (Å²) in [6, 6.07) is 5.39. The minimum atomic E-state index is -0.0894. The van der Waals surface area contributed by atoms with Gasteiger partial charge < -0.3 is 5.32 Å². The monoisotopic (exact) mass is 311 g/mol. The fourth-order valence-corrected chi connectivity index (χ4v) is 1.97. The van der Waals surface area contributed by atoms with Gasteiger partial charge in [0.05, 0.1) is 5.56 Å². The predicted molar refractivity (Wildman–Crippen MR) is 76.4 cm³/mol. The maximum absolute atomic E-state index is 11.8. The lowest BCUT2D eigenvalue weighted by molar-refractivity contribution is 0.0952. The number of hydrogen-bond acceptors (Lipinski definition) is 2. The molecule has 0 aliphatic rings. The third-order valence-electron chi connectivity index (χ3n) is 2.23. The van der Waals surface area contributed by atoms with Crippen molar-refractivity contribution in [1.29, 1.82) is 0 Å². The average Bonchev–Trinajstić information content (AvgIpc) is 2.32. The summed E-state index contributed by atoms with van der Waals surface area (Å²) < 4.78 is 0.774. The first-order valence-electron chi connectivity index (χ1n) is 5.35. The summed E-state index contributed by atoms with van der Waals surface area (Å²) in [6.07, 6.45) is 7.73. The number of benzene rings is 1. The highest BCUT2D eigenvalue weighted by molar-refractivity contribution is 9.10. The molecule has 0 spiro atoms. The van der Waals surface area contributed by atoms with Gasteiger partial charge in [-0.05, 0) is 47.0 Å². The largest absolute Gasteiger partial charge is 0.352 e. The van der Waals surface area contributed by atoms with Gasteiger partial charge in [0.1, 0.15) is 0 Å². The van der Waals surface area contributed by atoms with Crippen molar-refractivity contribution in [1.82, 2.24) is 5.32 Å². The van der Waals surface area contributed by atoms with Crippen LogP contribution in [0.3, 0.4) is 0 Å². The molecule has 1 N–H and O–H groups in total. The molecule has 1 aromatic rings. The number of unbranched alkanes of at least 4 members (excludes halogenated alkanes) is 2. The molecule has 17 heavy (non-hydrogen) atoms. The van der Waals surface area contributed by atoms with Crippen LogP contribution < -0.4 is 5.32 Å². The first-order chi connectivity index (χ1) is 8.15. The standard InChI is InChI=1S/C13H14BrNOS/c1-2-3-4-5-8-15-13(16)11-9-10(17)6-7-12(11)14/h1,6-7,9,17H,3-5,8H2,(H,15,16). The molecule has 0 atom stereocenters. The first kappa shape index (κ1) is 14.1. The third-order valence-corrected chi connectivity index (χ3v) is 3.20. The van der Waals surface area contributed by atoms with E-state index in [4.69, 9.17) is 6.42 Å². The number of terminal acetylenes is 1. The van der Waals surface area contributed by atoms with Crippen LogP contribution in [-0.2, 0) is 0 Å². The zero-order valence-corrected chi connectivity index (χ0v) is 11.9. The Labute approximate surface area is 116 Å². The number of halogens is 1. The molecule has 1 rings (SSSR count). The van der Waals surface area contributed by atoms with Gasteiger partial charge in [-0.25, -0.2) is 0 Å². The van der Waals surface area contributed by atoms with Gasteiger partial charge >= 0.3 is 0 Å². The van der Waals surface area contributed by atoms with Gasteiger partial charge in [0.25, 0.3) is 5.91 Å². The number of hydrogen-bond donors (Lipinski definition) is 2. The summed E-state index contributed by atoms with van der Waals surface area (Å²) in [5, 5.41) is 2.85. The fraction of sp³-hybridized carbons (Fsp3) is 0.308. The van der Waals surface area contributed by atoms with Gasteiger partial charge in [0, 0.05) is 22.3 Å². The Balaban J connectivity index is 2.47. The quantitative estimate of drug-likeness (QED) is 0.488. The maximum Gasteiger partial charge on any atom is 0.252 e. The molecule has 0 unspecified atom stereocenters. The van der Waals surface area contributed by atoms with E-state index >= 15 is 0 Å². The molecule has 0 fully saturated rings. The molecule has 0 aliphatic heterocycles. The van der Waals surface area contributed by atoms with E-state index in [1.165, 1.54) is 0 Å². The van der Waals surface area contributed by atoms with Crippen LogP contribution >= 0.6 is 28.6 Å². The molecular weight excluding hydrogens is 298 g/mol. The Hall–Kier alpha value is -0.920. The lowest BCUT2D eigenvalue weighted by Crippen LogP contribution is -2.24. The summed E-state index contributed by atoms with van der Waals surface area (Å²) in [5.41, 5.74) is 0.606. The van der Waals surface area contributed by atoms with Crippen molar-refractivity contribution in [3.63, 3.8) is 0 Å². The minimum absolute atomic E-state index is 0.0894. The number of carbonyl (C=O) groups excluding carboxylic acids is 1.